The van der Waals surface area contributed by atoms with E-state index in [4.69, 9.17) is 25.8 Å². The van der Waals surface area contributed by atoms with E-state index >= 15 is 0 Å². The summed E-state index contributed by atoms with van der Waals surface area (Å²) in [5, 5.41) is 9.11. The van der Waals surface area contributed by atoms with E-state index in [0.29, 0.717) is 34.5 Å². The van der Waals surface area contributed by atoms with Crippen LogP contribution in [0.15, 0.2) is 30.5 Å². The number of aryl methyl sites for hydroxylation is 1. The van der Waals surface area contributed by atoms with Gasteiger partial charge in [0.25, 0.3) is 0 Å². The maximum atomic E-state index is 13.0. The number of carboxylic acid groups (broad SMARTS) is 1. The summed E-state index contributed by atoms with van der Waals surface area (Å²) in [7, 11) is -4.34. The fourth-order valence-corrected chi connectivity index (χ4v) is 4.57. The van der Waals surface area contributed by atoms with Gasteiger partial charge in [0.15, 0.2) is 0 Å². The topological polar surface area (TPSA) is 127 Å². The van der Waals surface area contributed by atoms with Crippen LogP contribution in [0.4, 0.5) is 18.0 Å². The molecule has 2 N–H and O–H groups in total. The van der Waals surface area contributed by atoms with Gasteiger partial charge < -0.3 is 19.3 Å². The predicted octanol–water partition coefficient (Wildman–Crippen LogP) is 5.90. The highest BCUT2D eigenvalue weighted by atomic mass is 35.5. The molecule has 40 heavy (non-hydrogen) atoms. The molecule has 0 saturated heterocycles. The molecule has 0 unspecified atom stereocenters. The minimum atomic E-state index is -4.64. The second-order valence-electron chi connectivity index (χ2n) is 8.86. The van der Waals surface area contributed by atoms with E-state index in [1.54, 1.807) is 26.0 Å². The fraction of sp³-hybridized carbons (Fsp3) is 0.520. The number of pyridine rings is 1. The van der Waals surface area contributed by atoms with Gasteiger partial charge >= 0.3 is 22.5 Å². The fourth-order valence-electron chi connectivity index (χ4n) is 3.30. The van der Waals surface area contributed by atoms with Gasteiger partial charge in [0.1, 0.15) is 16.5 Å². The van der Waals surface area contributed by atoms with Gasteiger partial charge in [0.05, 0.1) is 24.9 Å². The van der Waals surface area contributed by atoms with E-state index in [9.17, 15) is 31.5 Å². The van der Waals surface area contributed by atoms with Crippen molar-refractivity contribution in [3.63, 3.8) is 0 Å². The Balaban J connectivity index is 2.20. The monoisotopic (exact) mass is 611 g/mol. The minimum Gasteiger partial charge on any atom is -0.493 e. The van der Waals surface area contributed by atoms with Crippen LogP contribution < -0.4 is 14.2 Å². The Kier molecular flexibility index (Phi) is 12.7. The molecule has 0 saturated carbocycles. The lowest BCUT2D eigenvalue weighted by molar-refractivity contribution is -0.137. The maximum absolute atomic E-state index is 13.0. The van der Waals surface area contributed by atoms with Crippen molar-refractivity contribution < 1.29 is 45.7 Å². The number of unbranched alkanes of at least 4 members (excludes halogenated alkanes) is 1. The number of halogens is 4. The van der Waals surface area contributed by atoms with E-state index in [1.165, 1.54) is 6.07 Å². The molecule has 1 heterocycles. The smallest absolute Gasteiger partial charge is 0.422 e. The SMILES string of the molecule is CCCCOc1ccc(CCCN(C(=O)O)S(=O)(=O)NCCOC(C)C)c(Oc2ncc(C(F)(F)F)cc2Cl)c1. The third-order valence-corrected chi connectivity index (χ3v) is 7.05. The lowest BCUT2D eigenvalue weighted by Crippen LogP contribution is -2.45. The Labute approximate surface area is 236 Å². The molecular formula is C25H33ClF3N3O7S. The summed E-state index contributed by atoms with van der Waals surface area (Å²) >= 11 is 6.01. The number of rotatable bonds is 16. The Hall–Kier alpha value is -2.81. The molecule has 0 radical (unpaired) electrons. The Bertz CT molecular complexity index is 1230. The van der Waals surface area contributed by atoms with Crippen LogP contribution in [0.3, 0.4) is 0 Å². The molecular weight excluding hydrogens is 579 g/mol. The summed E-state index contributed by atoms with van der Waals surface area (Å²) < 4.78 is 83.2. The lowest BCUT2D eigenvalue weighted by Gasteiger charge is -2.20. The van der Waals surface area contributed by atoms with E-state index in [2.05, 4.69) is 9.71 Å². The second-order valence-corrected chi connectivity index (χ2v) is 10.9. The van der Waals surface area contributed by atoms with Crippen LogP contribution in [0, 0.1) is 0 Å². The number of hydrogen-bond donors (Lipinski definition) is 2. The average molecular weight is 612 g/mol. The first-order valence-corrected chi connectivity index (χ1v) is 14.3. The molecule has 1 aromatic carbocycles. The van der Waals surface area contributed by atoms with Gasteiger partial charge in [-0.15, -0.1) is 0 Å². The van der Waals surface area contributed by atoms with Crippen molar-refractivity contribution in [1.29, 1.82) is 0 Å². The van der Waals surface area contributed by atoms with E-state index < -0.39 is 28.0 Å². The first-order chi connectivity index (χ1) is 18.7. The predicted molar refractivity (Wildman–Crippen MR) is 142 cm³/mol. The Morgan fingerprint density at radius 2 is 1.93 bits per heavy atom. The number of nitrogens with zero attached hydrogens (tertiary/aromatic N) is 2. The molecule has 0 atom stereocenters. The molecule has 10 nitrogen and oxygen atoms in total. The zero-order valence-electron chi connectivity index (χ0n) is 22.3. The highest BCUT2D eigenvalue weighted by Crippen LogP contribution is 2.36. The lowest BCUT2D eigenvalue weighted by atomic mass is 10.1. The van der Waals surface area contributed by atoms with Crippen LogP contribution in [-0.2, 0) is 27.5 Å². The molecule has 15 heteroatoms. The summed E-state index contributed by atoms with van der Waals surface area (Å²) in [6, 6.07) is 5.50. The normalized spacial score (nSPS) is 12.0. The van der Waals surface area contributed by atoms with E-state index in [0.717, 1.165) is 12.8 Å². The second kappa shape index (κ2) is 15.3. The number of amides is 1. The largest absolute Gasteiger partial charge is 0.493 e. The highest BCUT2D eigenvalue weighted by Gasteiger charge is 2.32. The molecule has 224 valence electrons. The van der Waals surface area contributed by atoms with Gasteiger partial charge in [0, 0.05) is 25.4 Å². The van der Waals surface area contributed by atoms with Crippen molar-refractivity contribution in [2.45, 2.75) is 58.7 Å². The molecule has 0 bridgehead atoms. The third kappa shape index (κ3) is 10.6. The molecule has 0 aliphatic carbocycles. The van der Waals surface area contributed by atoms with Gasteiger partial charge in [-0.2, -0.15) is 30.6 Å². The molecule has 0 aliphatic heterocycles. The zero-order valence-corrected chi connectivity index (χ0v) is 23.9. The maximum Gasteiger partial charge on any atom is 0.422 e. The number of aromatic nitrogens is 1. The molecule has 2 rings (SSSR count). The molecule has 0 spiro atoms. The van der Waals surface area contributed by atoms with Crippen LogP contribution in [0.2, 0.25) is 5.02 Å². The molecule has 1 aromatic heterocycles. The number of carbonyl (C=O) groups is 1. The molecule has 0 fully saturated rings. The van der Waals surface area contributed by atoms with E-state index in [-0.39, 0.29) is 55.3 Å². The van der Waals surface area contributed by atoms with Crippen LogP contribution >= 0.6 is 11.6 Å². The third-order valence-electron chi connectivity index (χ3n) is 5.30. The number of benzene rings is 1. The zero-order chi connectivity index (χ0) is 29.9. The number of ether oxygens (including phenoxy) is 3. The van der Waals surface area contributed by atoms with Gasteiger partial charge in [-0.25, -0.2) is 9.78 Å². The van der Waals surface area contributed by atoms with Crippen molar-refractivity contribution in [2.24, 2.45) is 0 Å². The van der Waals surface area contributed by atoms with Gasteiger partial charge in [-0.05, 0) is 50.8 Å². The average Bonchev–Trinajstić information content (AvgIpc) is 2.85. The quantitative estimate of drug-likeness (QED) is 0.225. The van der Waals surface area contributed by atoms with Crippen molar-refractivity contribution in [3.05, 3.63) is 46.6 Å². The molecule has 2 aromatic rings. The summed E-state index contributed by atoms with van der Waals surface area (Å²) in [5.74, 6) is 0.318. The van der Waals surface area contributed by atoms with Crippen LogP contribution in [0.1, 0.15) is 51.2 Å². The Morgan fingerprint density at radius 3 is 2.52 bits per heavy atom. The summed E-state index contributed by atoms with van der Waals surface area (Å²) in [6.07, 6.45) is -3.91. The molecule has 0 aliphatic rings. The summed E-state index contributed by atoms with van der Waals surface area (Å²) in [6.45, 7) is 5.57. The van der Waals surface area contributed by atoms with Crippen molar-refractivity contribution in [2.75, 3.05) is 26.3 Å². The van der Waals surface area contributed by atoms with Gasteiger partial charge in [-0.3, -0.25) is 0 Å². The Morgan fingerprint density at radius 1 is 1.20 bits per heavy atom. The van der Waals surface area contributed by atoms with Gasteiger partial charge in [0.2, 0.25) is 5.88 Å². The van der Waals surface area contributed by atoms with E-state index in [1.807, 2.05) is 6.92 Å². The number of nitrogens with one attached hydrogen (secondary N) is 1. The summed E-state index contributed by atoms with van der Waals surface area (Å²) in [4.78, 5) is 15.4. The molecule has 1 amide bonds. The van der Waals surface area contributed by atoms with Crippen LogP contribution in [0.25, 0.3) is 0 Å². The van der Waals surface area contributed by atoms with Gasteiger partial charge in [-0.1, -0.05) is 31.0 Å². The highest BCUT2D eigenvalue weighted by molar-refractivity contribution is 7.87. The van der Waals surface area contributed by atoms with Crippen molar-refractivity contribution in [1.82, 2.24) is 14.0 Å². The number of alkyl halides is 3. The van der Waals surface area contributed by atoms with Crippen LogP contribution in [0.5, 0.6) is 17.4 Å². The van der Waals surface area contributed by atoms with Crippen molar-refractivity contribution in [3.8, 4) is 17.4 Å². The first-order valence-electron chi connectivity index (χ1n) is 12.5. The van der Waals surface area contributed by atoms with Crippen LogP contribution in [-0.4, -0.2) is 61.3 Å². The summed E-state index contributed by atoms with van der Waals surface area (Å²) in [5.41, 5.74) is -0.539. The van der Waals surface area contributed by atoms with Crippen molar-refractivity contribution >= 4 is 27.9 Å². The number of hydrogen-bond acceptors (Lipinski definition) is 7. The first kappa shape index (κ1) is 33.4. The standard InChI is InChI=1S/C25H33ClF3N3O7S/c1-4-5-12-38-20-9-8-18(22(15-20)39-23-21(26)14-19(16-30-23)25(27,28)29)7-6-11-32(24(33)34)40(35,36)31-10-13-37-17(2)3/h8-9,14-17,31H,4-7,10-13H2,1-3H3,(H,33,34). The minimum absolute atomic E-state index is 0.0657.